The lowest BCUT2D eigenvalue weighted by molar-refractivity contribution is 0.300. The molecule has 4 heteroatoms. The fraction of sp³-hybridized carbons (Fsp3) is 0.273. The Balaban J connectivity index is 2.77. The molecule has 0 bridgehead atoms. The first-order chi connectivity index (χ1) is 7.15. The lowest BCUT2D eigenvalue weighted by atomic mass is 10.1. The van der Waals surface area contributed by atoms with Crippen LogP contribution >= 0.6 is 11.6 Å². The number of aliphatic hydroxyl groups excluding tert-OH is 1. The summed E-state index contributed by atoms with van der Waals surface area (Å²) < 4.78 is 13.3. The molecule has 0 saturated heterocycles. The van der Waals surface area contributed by atoms with Crippen molar-refractivity contribution in [2.75, 3.05) is 6.61 Å². The molecule has 0 radical (unpaired) electrons. The minimum Gasteiger partial charge on any atom is -0.396 e. The SMILES string of the molecule is Cc1[nH]c2ccc(F)c(Cl)c2c1CCO. The number of benzene rings is 1. The summed E-state index contributed by atoms with van der Waals surface area (Å²) in [7, 11) is 0. The van der Waals surface area contributed by atoms with Crippen molar-refractivity contribution in [3.8, 4) is 0 Å². The molecule has 15 heavy (non-hydrogen) atoms. The van der Waals surface area contributed by atoms with Gasteiger partial charge in [-0.25, -0.2) is 4.39 Å². The van der Waals surface area contributed by atoms with E-state index in [-0.39, 0.29) is 11.6 Å². The Labute approximate surface area is 91.7 Å². The maximum atomic E-state index is 13.3. The molecule has 2 aromatic rings. The van der Waals surface area contributed by atoms with Crippen molar-refractivity contribution < 1.29 is 9.50 Å². The normalized spacial score (nSPS) is 11.2. The molecule has 2 rings (SSSR count). The summed E-state index contributed by atoms with van der Waals surface area (Å²) in [6.45, 7) is 1.92. The number of nitrogens with one attached hydrogen (secondary N) is 1. The Morgan fingerprint density at radius 3 is 2.87 bits per heavy atom. The number of aliphatic hydroxyl groups is 1. The molecule has 2 N–H and O–H groups in total. The third-order valence-electron chi connectivity index (χ3n) is 2.53. The Bertz CT molecular complexity index is 507. The standard InChI is InChI=1S/C11H11ClFNO/c1-6-7(4-5-15)10-9(14-6)3-2-8(13)11(10)12/h2-3,14-15H,4-5H2,1H3. The number of aromatic amines is 1. The van der Waals surface area contributed by atoms with Crippen LogP contribution in [0.1, 0.15) is 11.3 Å². The molecule has 0 saturated carbocycles. The molecule has 0 aliphatic rings. The van der Waals surface area contributed by atoms with Gasteiger partial charge in [0.15, 0.2) is 0 Å². The smallest absolute Gasteiger partial charge is 0.142 e. The van der Waals surface area contributed by atoms with Crippen molar-refractivity contribution in [2.45, 2.75) is 13.3 Å². The van der Waals surface area contributed by atoms with Crippen molar-refractivity contribution in [2.24, 2.45) is 0 Å². The summed E-state index contributed by atoms with van der Waals surface area (Å²) >= 11 is 5.90. The highest BCUT2D eigenvalue weighted by Gasteiger charge is 2.13. The summed E-state index contributed by atoms with van der Waals surface area (Å²) in [5, 5.41) is 9.74. The average Bonchev–Trinajstić information content (AvgIpc) is 2.51. The van der Waals surface area contributed by atoms with E-state index in [2.05, 4.69) is 4.98 Å². The zero-order valence-corrected chi connectivity index (χ0v) is 9.03. The quantitative estimate of drug-likeness (QED) is 0.813. The van der Waals surface area contributed by atoms with Gasteiger partial charge in [-0.15, -0.1) is 0 Å². The van der Waals surface area contributed by atoms with E-state index in [0.717, 1.165) is 16.8 Å². The van der Waals surface area contributed by atoms with Gasteiger partial charge in [-0.1, -0.05) is 11.6 Å². The molecule has 0 unspecified atom stereocenters. The van der Waals surface area contributed by atoms with Crippen LogP contribution in [0.15, 0.2) is 12.1 Å². The van der Waals surface area contributed by atoms with Crippen molar-refractivity contribution in [3.63, 3.8) is 0 Å². The highest BCUT2D eigenvalue weighted by Crippen LogP contribution is 2.31. The maximum absolute atomic E-state index is 13.3. The first-order valence-electron chi connectivity index (χ1n) is 4.71. The molecule has 2 nitrogen and oxygen atoms in total. The van der Waals surface area contributed by atoms with Gasteiger partial charge < -0.3 is 10.1 Å². The number of aromatic nitrogens is 1. The number of hydrogen-bond acceptors (Lipinski definition) is 1. The highest BCUT2D eigenvalue weighted by molar-refractivity contribution is 6.35. The monoisotopic (exact) mass is 227 g/mol. The predicted molar refractivity (Wildman–Crippen MR) is 58.8 cm³/mol. The first kappa shape index (κ1) is 10.5. The molecule has 1 aromatic carbocycles. The van der Waals surface area contributed by atoms with E-state index in [4.69, 9.17) is 16.7 Å². The van der Waals surface area contributed by atoms with E-state index in [1.54, 1.807) is 6.07 Å². The van der Waals surface area contributed by atoms with E-state index >= 15 is 0 Å². The summed E-state index contributed by atoms with van der Waals surface area (Å²) in [6, 6.07) is 2.99. The van der Waals surface area contributed by atoms with E-state index in [0.29, 0.717) is 11.8 Å². The molecule has 0 aliphatic carbocycles. The Hall–Kier alpha value is -1.06. The fourth-order valence-corrected chi connectivity index (χ4v) is 2.12. The minimum absolute atomic E-state index is 0.0284. The van der Waals surface area contributed by atoms with Crippen LogP contribution in [0.4, 0.5) is 4.39 Å². The van der Waals surface area contributed by atoms with Gasteiger partial charge in [-0.05, 0) is 31.0 Å². The third kappa shape index (κ3) is 1.62. The average molecular weight is 228 g/mol. The van der Waals surface area contributed by atoms with E-state index < -0.39 is 5.82 Å². The number of halogens is 2. The van der Waals surface area contributed by atoms with Crippen LogP contribution in [0.5, 0.6) is 0 Å². The summed E-state index contributed by atoms with van der Waals surface area (Å²) in [4.78, 5) is 3.12. The van der Waals surface area contributed by atoms with E-state index in [9.17, 15) is 4.39 Å². The van der Waals surface area contributed by atoms with Gasteiger partial charge in [0, 0.05) is 23.2 Å². The Kier molecular flexibility index (Phi) is 2.67. The zero-order valence-electron chi connectivity index (χ0n) is 8.27. The second kappa shape index (κ2) is 3.83. The zero-order chi connectivity index (χ0) is 11.0. The molecule has 1 aromatic heterocycles. The van der Waals surface area contributed by atoms with Gasteiger partial charge in [-0.2, -0.15) is 0 Å². The lowest BCUT2D eigenvalue weighted by Crippen LogP contribution is -1.92. The van der Waals surface area contributed by atoms with Crippen LogP contribution in [-0.2, 0) is 6.42 Å². The van der Waals surface area contributed by atoms with Crippen molar-refractivity contribution >= 4 is 22.5 Å². The molecule has 0 aliphatic heterocycles. The maximum Gasteiger partial charge on any atom is 0.142 e. The van der Waals surface area contributed by atoms with Crippen LogP contribution in [0.2, 0.25) is 5.02 Å². The molecule has 80 valence electrons. The number of fused-ring (bicyclic) bond motifs is 1. The van der Waals surface area contributed by atoms with Gasteiger partial charge in [-0.3, -0.25) is 0 Å². The van der Waals surface area contributed by atoms with Gasteiger partial charge in [0.2, 0.25) is 0 Å². The van der Waals surface area contributed by atoms with Crippen LogP contribution < -0.4 is 0 Å². The number of hydrogen-bond donors (Lipinski definition) is 2. The molecule has 0 amide bonds. The molecular formula is C11H11ClFNO. The van der Waals surface area contributed by atoms with Crippen molar-refractivity contribution in [3.05, 3.63) is 34.2 Å². The van der Waals surface area contributed by atoms with Crippen LogP contribution in [0.25, 0.3) is 10.9 Å². The fourth-order valence-electron chi connectivity index (χ4n) is 1.84. The predicted octanol–water partition coefficient (Wildman–Crippen LogP) is 2.80. The summed E-state index contributed by atoms with van der Waals surface area (Å²) in [5.41, 5.74) is 2.62. The Morgan fingerprint density at radius 2 is 2.20 bits per heavy atom. The molecule has 1 heterocycles. The van der Waals surface area contributed by atoms with Crippen molar-refractivity contribution in [1.29, 1.82) is 0 Å². The number of H-pyrrole nitrogens is 1. The van der Waals surface area contributed by atoms with Crippen molar-refractivity contribution in [1.82, 2.24) is 4.98 Å². The molecule has 0 spiro atoms. The third-order valence-corrected chi connectivity index (χ3v) is 2.90. The van der Waals surface area contributed by atoms with Crippen LogP contribution in [0.3, 0.4) is 0 Å². The largest absolute Gasteiger partial charge is 0.396 e. The van der Waals surface area contributed by atoms with Gasteiger partial charge in [0.1, 0.15) is 5.82 Å². The highest BCUT2D eigenvalue weighted by atomic mass is 35.5. The van der Waals surface area contributed by atoms with E-state index in [1.807, 2.05) is 6.92 Å². The molecule has 0 fully saturated rings. The minimum atomic E-state index is -0.428. The second-order valence-corrected chi connectivity index (χ2v) is 3.86. The van der Waals surface area contributed by atoms with Gasteiger partial charge in [0.25, 0.3) is 0 Å². The number of rotatable bonds is 2. The van der Waals surface area contributed by atoms with Crippen LogP contribution in [-0.4, -0.2) is 16.7 Å². The molecular weight excluding hydrogens is 217 g/mol. The topological polar surface area (TPSA) is 36.0 Å². The second-order valence-electron chi connectivity index (χ2n) is 3.49. The first-order valence-corrected chi connectivity index (χ1v) is 5.09. The lowest BCUT2D eigenvalue weighted by Gasteiger charge is -2.00. The van der Waals surface area contributed by atoms with Gasteiger partial charge in [0.05, 0.1) is 5.02 Å². The number of aryl methyl sites for hydroxylation is 1. The van der Waals surface area contributed by atoms with E-state index in [1.165, 1.54) is 6.07 Å². The van der Waals surface area contributed by atoms with Gasteiger partial charge >= 0.3 is 0 Å². The summed E-state index contributed by atoms with van der Waals surface area (Å²) in [5.74, 6) is -0.428. The van der Waals surface area contributed by atoms with Crippen LogP contribution in [0, 0.1) is 12.7 Å². The Morgan fingerprint density at radius 1 is 1.47 bits per heavy atom. The summed E-state index contributed by atoms with van der Waals surface area (Å²) in [6.07, 6.45) is 0.481. The molecule has 0 atom stereocenters.